The van der Waals surface area contributed by atoms with Crippen LogP contribution in [0.1, 0.15) is 12.8 Å². The standard InChI is InChI=1S/C18H20N2O5S2/c1-12(27(22,23)15-7-9-25-10-8-15)17(21)20-18-19-16(11-26-18)13-3-5-14(24-2)6-4-13/h3-6,11,15H,1,7-10H2,2H3,(H,19,20,21). The maximum atomic E-state index is 12.6. The highest BCUT2D eigenvalue weighted by molar-refractivity contribution is 7.96. The molecule has 1 aliphatic rings. The number of nitrogens with one attached hydrogen (secondary N) is 1. The van der Waals surface area contributed by atoms with Crippen molar-refractivity contribution in [1.29, 1.82) is 0 Å². The third-order valence-electron chi connectivity index (χ3n) is 4.31. The fourth-order valence-corrected chi connectivity index (χ4v) is 4.95. The molecule has 1 aromatic heterocycles. The zero-order valence-corrected chi connectivity index (χ0v) is 16.4. The molecule has 0 saturated carbocycles. The second kappa shape index (κ2) is 8.20. The van der Waals surface area contributed by atoms with Crippen molar-refractivity contribution in [2.75, 3.05) is 25.6 Å². The number of nitrogens with zero attached hydrogens (tertiary/aromatic N) is 1. The van der Waals surface area contributed by atoms with E-state index in [9.17, 15) is 13.2 Å². The molecule has 0 atom stereocenters. The van der Waals surface area contributed by atoms with Crippen molar-refractivity contribution in [3.63, 3.8) is 0 Å². The van der Waals surface area contributed by atoms with Crippen molar-refractivity contribution < 1.29 is 22.7 Å². The van der Waals surface area contributed by atoms with Gasteiger partial charge in [0.05, 0.1) is 18.1 Å². The molecule has 7 nitrogen and oxygen atoms in total. The summed E-state index contributed by atoms with van der Waals surface area (Å²) in [5.41, 5.74) is 1.54. The molecule has 0 spiro atoms. The minimum absolute atomic E-state index is 0.314. The summed E-state index contributed by atoms with van der Waals surface area (Å²) in [5.74, 6) is -0.0192. The van der Waals surface area contributed by atoms with Gasteiger partial charge in [-0.15, -0.1) is 11.3 Å². The third kappa shape index (κ3) is 4.37. The lowest BCUT2D eigenvalue weighted by Crippen LogP contribution is -2.33. The molecule has 1 aliphatic heterocycles. The molecule has 2 aromatic rings. The molecule has 27 heavy (non-hydrogen) atoms. The van der Waals surface area contributed by atoms with Crippen LogP contribution in [0, 0.1) is 0 Å². The van der Waals surface area contributed by atoms with E-state index in [1.807, 2.05) is 24.3 Å². The van der Waals surface area contributed by atoms with Crippen molar-refractivity contribution >= 4 is 32.2 Å². The fourth-order valence-electron chi connectivity index (χ4n) is 2.71. The van der Waals surface area contributed by atoms with Crippen LogP contribution >= 0.6 is 11.3 Å². The number of rotatable bonds is 6. The number of hydrogen-bond acceptors (Lipinski definition) is 7. The van der Waals surface area contributed by atoms with Gasteiger partial charge in [0.2, 0.25) is 0 Å². The molecular weight excluding hydrogens is 388 g/mol. The van der Waals surface area contributed by atoms with Gasteiger partial charge in [-0.3, -0.25) is 10.1 Å². The third-order valence-corrected chi connectivity index (χ3v) is 7.29. The van der Waals surface area contributed by atoms with Gasteiger partial charge in [-0.1, -0.05) is 6.58 Å². The van der Waals surface area contributed by atoms with Crippen LogP contribution in [0.5, 0.6) is 5.75 Å². The SMILES string of the molecule is C=C(C(=O)Nc1nc(-c2ccc(OC)cc2)cs1)S(=O)(=O)C1CCOCC1. The summed E-state index contributed by atoms with van der Waals surface area (Å²) in [6.45, 7) is 4.25. The second-order valence-electron chi connectivity index (χ2n) is 6.00. The number of sulfone groups is 1. The molecule has 3 rings (SSSR count). The number of benzene rings is 1. The molecule has 1 N–H and O–H groups in total. The van der Waals surface area contributed by atoms with Gasteiger partial charge in [-0.05, 0) is 37.1 Å². The first-order chi connectivity index (χ1) is 12.9. The monoisotopic (exact) mass is 408 g/mol. The Labute approximate surface area is 162 Å². The largest absolute Gasteiger partial charge is 0.497 e. The van der Waals surface area contributed by atoms with E-state index in [4.69, 9.17) is 9.47 Å². The van der Waals surface area contributed by atoms with Gasteiger partial charge in [0.15, 0.2) is 15.0 Å². The Kier molecular flexibility index (Phi) is 5.93. The molecule has 144 valence electrons. The zero-order chi connectivity index (χ0) is 19.4. The normalized spacial score (nSPS) is 15.3. The molecule has 1 saturated heterocycles. The summed E-state index contributed by atoms with van der Waals surface area (Å²) in [5, 5.41) is 4.00. The predicted molar refractivity (Wildman–Crippen MR) is 105 cm³/mol. The Morgan fingerprint density at radius 1 is 1.30 bits per heavy atom. The molecule has 0 aliphatic carbocycles. The molecular formula is C18H20N2O5S2. The lowest BCUT2D eigenvalue weighted by Gasteiger charge is -2.22. The average Bonchev–Trinajstić information content (AvgIpc) is 3.16. The summed E-state index contributed by atoms with van der Waals surface area (Å²) >= 11 is 1.22. The first-order valence-electron chi connectivity index (χ1n) is 8.33. The number of amides is 1. The predicted octanol–water partition coefficient (Wildman–Crippen LogP) is 2.86. The Bertz CT molecular complexity index is 929. The van der Waals surface area contributed by atoms with Gasteiger partial charge in [0.1, 0.15) is 10.7 Å². The number of thiazole rings is 1. The molecule has 0 radical (unpaired) electrons. The van der Waals surface area contributed by atoms with Crippen LogP contribution in [0.25, 0.3) is 11.3 Å². The van der Waals surface area contributed by atoms with Crippen molar-refractivity contribution in [2.24, 2.45) is 0 Å². The van der Waals surface area contributed by atoms with E-state index < -0.39 is 25.9 Å². The van der Waals surface area contributed by atoms with Crippen LogP contribution in [0.2, 0.25) is 0 Å². The number of ether oxygens (including phenoxy) is 2. The van der Waals surface area contributed by atoms with Gasteiger partial charge in [0, 0.05) is 24.2 Å². The average molecular weight is 409 g/mol. The summed E-state index contributed by atoms with van der Waals surface area (Å²) in [6.07, 6.45) is 0.737. The van der Waals surface area contributed by atoms with Gasteiger partial charge >= 0.3 is 0 Å². The van der Waals surface area contributed by atoms with Crippen molar-refractivity contribution in [2.45, 2.75) is 18.1 Å². The van der Waals surface area contributed by atoms with Crippen LogP contribution in [-0.4, -0.2) is 44.9 Å². The van der Waals surface area contributed by atoms with Crippen LogP contribution < -0.4 is 10.1 Å². The smallest absolute Gasteiger partial charge is 0.268 e. The van der Waals surface area contributed by atoms with E-state index in [1.54, 1.807) is 12.5 Å². The zero-order valence-electron chi connectivity index (χ0n) is 14.8. The van der Waals surface area contributed by atoms with Crippen LogP contribution in [0.3, 0.4) is 0 Å². The summed E-state index contributed by atoms with van der Waals surface area (Å²) in [4.78, 5) is 16.3. The highest BCUT2D eigenvalue weighted by Gasteiger charge is 2.33. The molecule has 1 aromatic carbocycles. The summed E-state index contributed by atoms with van der Waals surface area (Å²) in [7, 11) is -2.17. The van der Waals surface area contributed by atoms with Gasteiger partial charge in [-0.2, -0.15) is 0 Å². The maximum absolute atomic E-state index is 12.6. The number of aromatic nitrogens is 1. The lowest BCUT2D eigenvalue weighted by molar-refractivity contribution is -0.112. The van der Waals surface area contributed by atoms with E-state index in [0.717, 1.165) is 11.3 Å². The van der Waals surface area contributed by atoms with Crippen LogP contribution in [0.15, 0.2) is 41.1 Å². The fraction of sp³-hybridized carbons (Fsp3) is 0.333. The highest BCUT2D eigenvalue weighted by Crippen LogP contribution is 2.28. The Morgan fingerprint density at radius 3 is 2.59 bits per heavy atom. The topological polar surface area (TPSA) is 94.6 Å². The molecule has 0 unspecified atom stereocenters. The van der Waals surface area contributed by atoms with E-state index in [0.29, 0.717) is 36.9 Å². The Hall–Kier alpha value is -2.23. The van der Waals surface area contributed by atoms with Crippen molar-refractivity contribution in [3.05, 3.63) is 41.1 Å². The van der Waals surface area contributed by atoms with Crippen molar-refractivity contribution in [1.82, 2.24) is 4.98 Å². The number of anilines is 1. The Morgan fingerprint density at radius 2 is 1.96 bits per heavy atom. The van der Waals surface area contributed by atoms with E-state index in [1.165, 1.54) is 11.3 Å². The second-order valence-corrected chi connectivity index (χ2v) is 9.11. The first-order valence-corrected chi connectivity index (χ1v) is 10.8. The van der Waals surface area contributed by atoms with E-state index in [-0.39, 0.29) is 0 Å². The highest BCUT2D eigenvalue weighted by atomic mass is 32.2. The minimum Gasteiger partial charge on any atom is -0.497 e. The first kappa shape index (κ1) is 19.5. The molecule has 9 heteroatoms. The number of methoxy groups -OCH3 is 1. The molecule has 2 heterocycles. The lowest BCUT2D eigenvalue weighted by atomic mass is 10.2. The molecule has 1 fully saturated rings. The van der Waals surface area contributed by atoms with Crippen molar-refractivity contribution in [3.8, 4) is 17.0 Å². The van der Waals surface area contributed by atoms with Crippen LogP contribution in [-0.2, 0) is 19.4 Å². The quantitative estimate of drug-likeness (QED) is 0.739. The van der Waals surface area contributed by atoms with Gasteiger partial charge in [-0.25, -0.2) is 13.4 Å². The molecule has 0 bridgehead atoms. The van der Waals surface area contributed by atoms with E-state index in [2.05, 4.69) is 16.9 Å². The molecule has 1 amide bonds. The summed E-state index contributed by atoms with van der Waals surface area (Å²) < 4.78 is 35.4. The van der Waals surface area contributed by atoms with Gasteiger partial charge < -0.3 is 9.47 Å². The number of carbonyl (C=O) groups is 1. The maximum Gasteiger partial charge on any atom is 0.268 e. The number of hydrogen-bond donors (Lipinski definition) is 1. The number of carbonyl (C=O) groups excluding carboxylic acids is 1. The minimum atomic E-state index is -3.76. The van der Waals surface area contributed by atoms with Gasteiger partial charge in [0.25, 0.3) is 5.91 Å². The summed E-state index contributed by atoms with van der Waals surface area (Å²) in [6, 6.07) is 7.34. The Balaban J connectivity index is 1.68. The van der Waals surface area contributed by atoms with Crippen LogP contribution in [0.4, 0.5) is 5.13 Å². The van der Waals surface area contributed by atoms with E-state index >= 15 is 0 Å².